The molecule has 2 aromatic rings. The summed E-state index contributed by atoms with van der Waals surface area (Å²) >= 11 is 0. The minimum atomic E-state index is -1.28. The number of hydrogen-bond acceptors (Lipinski definition) is 3. The summed E-state index contributed by atoms with van der Waals surface area (Å²) in [5.41, 5.74) is 0.315. The van der Waals surface area contributed by atoms with E-state index < -0.39 is 34.9 Å². The third-order valence-electron chi connectivity index (χ3n) is 4.50. The maximum absolute atomic E-state index is 14.3. The van der Waals surface area contributed by atoms with Crippen LogP contribution in [0.25, 0.3) is 0 Å². The first-order valence-corrected chi connectivity index (χ1v) is 8.43. The van der Waals surface area contributed by atoms with Crippen molar-refractivity contribution in [2.45, 2.75) is 45.3 Å². The molecule has 27 heavy (non-hydrogen) atoms. The van der Waals surface area contributed by atoms with Crippen LogP contribution in [0.1, 0.15) is 43.4 Å². The molecule has 144 valence electrons. The van der Waals surface area contributed by atoms with Crippen LogP contribution in [-0.4, -0.2) is 16.7 Å². The van der Waals surface area contributed by atoms with Gasteiger partial charge in [-0.3, -0.25) is 4.79 Å². The number of carboxylic acid groups (broad SMARTS) is 1. The van der Waals surface area contributed by atoms with Gasteiger partial charge in [0.05, 0.1) is 5.92 Å². The van der Waals surface area contributed by atoms with Crippen LogP contribution in [0.3, 0.4) is 0 Å². The average molecular weight is 380 g/mol. The van der Waals surface area contributed by atoms with Gasteiger partial charge in [0.15, 0.2) is 11.6 Å². The van der Waals surface area contributed by atoms with Gasteiger partial charge in [0.2, 0.25) is 5.82 Å². The second-order valence-corrected chi connectivity index (χ2v) is 7.22. The number of benzene rings is 2. The van der Waals surface area contributed by atoms with Gasteiger partial charge in [-0.15, -0.1) is 0 Å². The quantitative estimate of drug-likeness (QED) is 0.825. The molecular formula is C20H19F3O4. The minimum absolute atomic E-state index is 0.222. The number of rotatable bonds is 5. The smallest absolute Gasteiger partial charge is 0.310 e. The molecule has 1 aliphatic heterocycles. The van der Waals surface area contributed by atoms with Crippen LogP contribution in [0.15, 0.2) is 24.3 Å². The van der Waals surface area contributed by atoms with Gasteiger partial charge in [-0.2, -0.15) is 4.39 Å². The Kier molecular flexibility index (Phi) is 4.80. The fourth-order valence-corrected chi connectivity index (χ4v) is 3.13. The van der Waals surface area contributed by atoms with Gasteiger partial charge < -0.3 is 14.6 Å². The molecule has 1 aliphatic rings. The van der Waals surface area contributed by atoms with E-state index in [0.29, 0.717) is 23.3 Å². The molecule has 1 N–H and O–H groups in total. The van der Waals surface area contributed by atoms with E-state index in [2.05, 4.69) is 0 Å². The van der Waals surface area contributed by atoms with Gasteiger partial charge in [0, 0.05) is 23.1 Å². The maximum atomic E-state index is 14.3. The van der Waals surface area contributed by atoms with Crippen molar-refractivity contribution in [3.63, 3.8) is 0 Å². The maximum Gasteiger partial charge on any atom is 0.310 e. The summed E-state index contributed by atoms with van der Waals surface area (Å²) in [6, 6.07) is 4.95. The molecule has 0 spiro atoms. The van der Waals surface area contributed by atoms with Gasteiger partial charge in [-0.1, -0.05) is 6.07 Å². The van der Waals surface area contributed by atoms with E-state index in [0.717, 1.165) is 6.07 Å². The molecule has 1 atom stereocenters. The van der Waals surface area contributed by atoms with E-state index >= 15 is 0 Å². The van der Waals surface area contributed by atoms with Gasteiger partial charge in [-0.05, 0) is 39.0 Å². The number of carboxylic acids is 1. The van der Waals surface area contributed by atoms with E-state index in [1.807, 2.05) is 13.8 Å². The fraction of sp³-hybridized carbons (Fsp3) is 0.350. The zero-order chi connectivity index (χ0) is 19.9. The molecule has 0 saturated carbocycles. The third-order valence-corrected chi connectivity index (χ3v) is 4.50. The SMILES string of the molecule is CC(C(=O)O)c1ccc(OCc2cc(F)cc3c2OC(C)(C)C3)c(F)c1F. The number of hydrogen-bond donors (Lipinski definition) is 1. The summed E-state index contributed by atoms with van der Waals surface area (Å²) in [7, 11) is 0. The van der Waals surface area contributed by atoms with E-state index in [1.165, 1.54) is 25.1 Å². The zero-order valence-corrected chi connectivity index (χ0v) is 15.1. The molecular weight excluding hydrogens is 361 g/mol. The summed E-state index contributed by atoms with van der Waals surface area (Å²) in [4.78, 5) is 11.0. The number of ether oxygens (including phenoxy) is 2. The molecule has 3 rings (SSSR count). The van der Waals surface area contributed by atoms with E-state index in [9.17, 15) is 18.0 Å². The predicted molar refractivity (Wildman–Crippen MR) is 91.6 cm³/mol. The average Bonchev–Trinajstić information content (AvgIpc) is 2.89. The first-order valence-electron chi connectivity index (χ1n) is 8.43. The summed E-state index contributed by atoms with van der Waals surface area (Å²) in [6.07, 6.45) is 0.526. The number of aliphatic carboxylic acids is 1. The molecule has 2 aromatic carbocycles. The van der Waals surface area contributed by atoms with Gasteiger partial charge in [-0.25, -0.2) is 8.78 Å². The standard InChI is InChI=1S/C20H19F3O4/c1-10(19(24)25)14-4-5-15(17(23)16(14)22)26-9-12-7-13(21)6-11-8-20(2,3)27-18(11)12/h4-7,10H,8-9H2,1-3H3,(H,24,25). The van der Waals surface area contributed by atoms with Crippen LogP contribution in [-0.2, 0) is 17.8 Å². The Morgan fingerprint density at radius 1 is 1.26 bits per heavy atom. The molecule has 1 unspecified atom stereocenters. The van der Waals surface area contributed by atoms with Crippen LogP contribution >= 0.6 is 0 Å². The van der Waals surface area contributed by atoms with Crippen molar-refractivity contribution in [1.29, 1.82) is 0 Å². The van der Waals surface area contributed by atoms with Crippen LogP contribution < -0.4 is 9.47 Å². The van der Waals surface area contributed by atoms with Crippen molar-refractivity contribution in [1.82, 2.24) is 0 Å². The van der Waals surface area contributed by atoms with Gasteiger partial charge in [0.1, 0.15) is 23.8 Å². The van der Waals surface area contributed by atoms with Crippen LogP contribution in [0.2, 0.25) is 0 Å². The first-order chi connectivity index (χ1) is 12.6. The van der Waals surface area contributed by atoms with Crippen LogP contribution in [0.4, 0.5) is 13.2 Å². The highest BCUT2D eigenvalue weighted by molar-refractivity contribution is 5.75. The van der Waals surface area contributed by atoms with Crippen molar-refractivity contribution < 1.29 is 32.5 Å². The van der Waals surface area contributed by atoms with Crippen molar-refractivity contribution in [3.05, 3.63) is 58.4 Å². The predicted octanol–water partition coefficient (Wildman–Crippen LogP) is 4.58. The van der Waals surface area contributed by atoms with Crippen molar-refractivity contribution in [3.8, 4) is 11.5 Å². The largest absolute Gasteiger partial charge is 0.487 e. The second kappa shape index (κ2) is 6.79. The molecule has 4 nitrogen and oxygen atoms in total. The Hall–Kier alpha value is -2.70. The monoisotopic (exact) mass is 380 g/mol. The Balaban J connectivity index is 1.85. The Morgan fingerprint density at radius 2 is 1.96 bits per heavy atom. The van der Waals surface area contributed by atoms with E-state index in [-0.39, 0.29) is 17.9 Å². The Morgan fingerprint density at radius 3 is 2.63 bits per heavy atom. The topological polar surface area (TPSA) is 55.8 Å². The van der Waals surface area contributed by atoms with Crippen molar-refractivity contribution in [2.24, 2.45) is 0 Å². The normalized spacial score (nSPS) is 15.8. The second-order valence-electron chi connectivity index (χ2n) is 7.22. The number of halogens is 3. The molecule has 0 fully saturated rings. The highest BCUT2D eigenvalue weighted by Gasteiger charge is 2.32. The number of carbonyl (C=O) groups is 1. The highest BCUT2D eigenvalue weighted by Crippen LogP contribution is 2.39. The van der Waals surface area contributed by atoms with Crippen LogP contribution in [0.5, 0.6) is 11.5 Å². The highest BCUT2D eigenvalue weighted by atomic mass is 19.2. The fourth-order valence-electron chi connectivity index (χ4n) is 3.13. The summed E-state index contributed by atoms with van der Waals surface area (Å²) in [6.45, 7) is 4.77. The molecule has 0 bridgehead atoms. The van der Waals surface area contributed by atoms with Gasteiger partial charge >= 0.3 is 5.97 Å². The minimum Gasteiger partial charge on any atom is -0.487 e. The van der Waals surface area contributed by atoms with Crippen molar-refractivity contribution in [2.75, 3.05) is 0 Å². The van der Waals surface area contributed by atoms with E-state index in [1.54, 1.807) is 0 Å². The Labute approximate surface area is 154 Å². The molecule has 0 amide bonds. The first kappa shape index (κ1) is 19.1. The molecule has 7 heteroatoms. The summed E-state index contributed by atoms with van der Waals surface area (Å²) in [5, 5.41) is 8.96. The lowest BCUT2D eigenvalue weighted by Gasteiger charge is -2.18. The Bertz CT molecular complexity index is 909. The lowest BCUT2D eigenvalue weighted by Crippen LogP contribution is -2.25. The molecule has 0 aromatic heterocycles. The summed E-state index contributed by atoms with van der Waals surface area (Å²) < 4.78 is 53.5. The van der Waals surface area contributed by atoms with Crippen molar-refractivity contribution >= 4 is 5.97 Å². The van der Waals surface area contributed by atoms with Crippen LogP contribution in [0, 0.1) is 17.5 Å². The third kappa shape index (κ3) is 3.72. The van der Waals surface area contributed by atoms with E-state index in [4.69, 9.17) is 14.6 Å². The molecule has 1 heterocycles. The lowest BCUT2D eigenvalue weighted by molar-refractivity contribution is -0.138. The van der Waals surface area contributed by atoms with Gasteiger partial charge in [0.25, 0.3) is 0 Å². The molecule has 0 aliphatic carbocycles. The molecule has 0 saturated heterocycles. The summed E-state index contributed by atoms with van der Waals surface area (Å²) in [5.74, 6) is -5.39. The zero-order valence-electron chi connectivity index (χ0n) is 15.1. The number of fused-ring (bicyclic) bond motifs is 1. The lowest BCUT2D eigenvalue weighted by atomic mass is 10.00. The molecule has 0 radical (unpaired) electrons.